The van der Waals surface area contributed by atoms with Crippen LogP contribution in [0.15, 0.2) is 29.6 Å². The van der Waals surface area contributed by atoms with E-state index >= 15 is 0 Å². The summed E-state index contributed by atoms with van der Waals surface area (Å²) in [5, 5.41) is 5.63. The molecule has 25 heavy (non-hydrogen) atoms. The van der Waals surface area contributed by atoms with Crippen molar-refractivity contribution in [2.24, 2.45) is 0 Å². The van der Waals surface area contributed by atoms with Crippen LogP contribution in [0.3, 0.4) is 0 Å². The fourth-order valence-electron chi connectivity index (χ4n) is 2.39. The van der Waals surface area contributed by atoms with Crippen molar-refractivity contribution in [3.63, 3.8) is 0 Å². The topological polar surface area (TPSA) is 88.2 Å². The second-order valence-corrected chi connectivity index (χ2v) is 8.93. The summed E-state index contributed by atoms with van der Waals surface area (Å²) in [6, 6.07) is 7.07. The molecule has 0 bridgehead atoms. The summed E-state index contributed by atoms with van der Waals surface area (Å²) in [6.45, 7) is 5.75. The smallest absolute Gasteiger partial charge is 0.226 e. The van der Waals surface area contributed by atoms with Gasteiger partial charge < -0.3 is 5.32 Å². The van der Waals surface area contributed by atoms with Gasteiger partial charge in [0, 0.05) is 18.0 Å². The molecular formula is C17H23N3O3S2. The number of hydrogen-bond acceptors (Lipinski definition) is 5. The summed E-state index contributed by atoms with van der Waals surface area (Å²) in [7, 11) is -3.41. The molecule has 136 valence electrons. The lowest BCUT2D eigenvalue weighted by atomic mass is 10.1. The Morgan fingerprint density at radius 1 is 1.24 bits per heavy atom. The maximum absolute atomic E-state index is 12.1. The van der Waals surface area contributed by atoms with E-state index in [1.54, 1.807) is 26.0 Å². The van der Waals surface area contributed by atoms with Crippen LogP contribution in [0.4, 0.5) is 0 Å². The van der Waals surface area contributed by atoms with Gasteiger partial charge in [-0.15, -0.1) is 11.3 Å². The van der Waals surface area contributed by atoms with Gasteiger partial charge >= 0.3 is 0 Å². The zero-order valence-electron chi connectivity index (χ0n) is 14.6. The van der Waals surface area contributed by atoms with E-state index in [4.69, 9.17) is 0 Å². The first-order valence-electron chi connectivity index (χ1n) is 7.99. The van der Waals surface area contributed by atoms with Crippen molar-refractivity contribution in [3.05, 3.63) is 51.5 Å². The predicted octanol–water partition coefficient (Wildman–Crippen LogP) is 2.14. The first-order chi connectivity index (χ1) is 11.7. The van der Waals surface area contributed by atoms with E-state index in [1.807, 2.05) is 24.4 Å². The molecule has 0 fully saturated rings. The van der Waals surface area contributed by atoms with E-state index < -0.39 is 10.0 Å². The van der Waals surface area contributed by atoms with Crippen molar-refractivity contribution in [2.45, 2.75) is 45.5 Å². The third-order valence-electron chi connectivity index (χ3n) is 3.36. The summed E-state index contributed by atoms with van der Waals surface area (Å²) >= 11 is 1.51. The van der Waals surface area contributed by atoms with Gasteiger partial charge in [-0.1, -0.05) is 24.3 Å². The second-order valence-electron chi connectivity index (χ2n) is 6.11. The second kappa shape index (κ2) is 8.55. The van der Waals surface area contributed by atoms with Gasteiger partial charge in [0.1, 0.15) is 0 Å². The van der Waals surface area contributed by atoms with E-state index in [-0.39, 0.29) is 30.7 Å². The number of aryl methyl sites for hydroxylation is 1. The first-order valence-corrected chi connectivity index (χ1v) is 10.5. The molecular weight excluding hydrogens is 358 g/mol. The highest BCUT2D eigenvalue weighted by molar-refractivity contribution is 7.88. The van der Waals surface area contributed by atoms with Gasteiger partial charge in [-0.05, 0) is 31.9 Å². The van der Waals surface area contributed by atoms with Crippen LogP contribution < -0.4 is 10.0 Å². The van der Waals surface area contributed by atoms with Crippen molar-refractivity contribution in [2.75, 3.05) is 0 Å². The molecule has 8 heteroatoms. The molecule has 0 aliphatic carbocycles. The Balaban J connectivity index is 1.99. The Labute approximate surface area is 152 Å². The van der Waals surface area contributed by atoms with Crippen LogP contribution in [0.1, 0.15) is 35.7 Å². The number of sulfonamides is 1. The molecule has 1 amide bonds. The normalized spacial score (nSPS) is 11.7. The summed E-state index contributed by atoms with van der Waals surface area (Å²) < 4.78 is 26.8. The number of amides is 1. The molecule has 0 spiro atoms. The Morgan fingerprint density at radius 3 is 2.52 bits per heavy atom. The minimum atomic E-state index is -3.41. The molecule has 0 unspecified atom stereocenters. The molecule has 2 rings (SSSR count). The third-order valence-corrected chi connectivity index (χ3v) is 5.71. The average molecular weight is 382 g/mol. The highest BCUT2D eigenvalue weighted by Gasteiger charge is 2.15. The van der Waals surface area contributed by atoms with Crippen LogP contribution in [-0.2, 0) is 33.5 Å². The van der Waals surface area contributed by atoms with Crippen molar-refractivity contribution >= 4 is 27.3 Å². The van der Waals surface area contributed by atoms with Crippen LogP contribution in [0.25, 0.3) is 0 Å². The highest BCUT2D eigenvalue weighted by Crippen LogP contribution is 2.13. The van der Waals surface area contributed by atoms with Gasteiger partial charge in [0.05, 0.1) is 22.9 Å². The molecule has 1 aromatic carbocycles. The monoisotopic (exact) mass is 381 g/mol. The van der Waals surface area contributed by atoms with Gasteiger partial charge in [0.25, 0.3) is 0 Å². The van der Waals surface area contributed by atoms with Crippen LogP contribution in [0, 0.1) is 6.92 Å². The Bertz CT molecular complexity index is 829. The Kier molecular flexibility index (Phi) is 6.69. The molecule has 0 aliphatic rings. The number of nitrogens with one attached hydrogen (secondary N) is 2. The minimum Gasteiger partial charge on any atom is -0.352 e. The molecule has 2 N–H and O–H groups in total. The van der Waals surface area contributed by atoms with E-state index in [2.05, 4.69) is 15.0 Å². The zero-order chi connectivity index (χ0) is 18.4. The number of carbonyl (C=O) groups excluding carboxylic acids is 1. The highest BCUT2D eigenvalue weighted by atomic mass is 32.2. The lowest BCUT2D eigenvalue weighted by molar-refractivity contribution is -0.120. The number of hydrogen-bond donors (Lipinski definition) is 2. The summed E-state index contributed by atoms with van der Waals surface area (Å²) in [5.74, 6) is -0.244. The lowest BCUT2D eigenvalue weighted by Crippen LogP contribution is -2.32. The summed E-state index contributed by atoms with van der Waals surface area (Å²) in [4.78, 5) is 16.3. The standard InChI is InChI=1S/C17H23N3O3S2/c1-12(2)20-25(22,23)11-15-7-5-4-6-14(15)9-18-17(21)8-16-10-24-13(3)19-16/h4-7,10,12,20H,8-9,11H2,1-3H3,(H,18,21). The van der Waals surface area contributed by atoms with E-state index in [9.17, 15) is 13.2 Å². The molecule has 0 atom stereocenters. The average Bonchev–Trinajstić information content (AvgIpc) is 2.89. The maximum Gasteiger partial charge on any atom is 0.226 e. The van der Waals surface area contributed by atoms with Crippen molar-refractivity contribution in [1.29, 1.82) is 0 Å². The Hall–Kier alpha value is -1.77. The van der Waals surface area contributed by atoms with Gasteiger partial charge in [-0.25, -0.2) is 18.1 Å². The molecule has 0 aliphatic heterocycles. The van der Waals surface area contributed by atoms with Gasteiger partial charge in [-0.3, -0.25) is 4.79 Å². The van der Waals surface area contributed by atoms with E-state index in [0.717, 1.165) is 16.3 Å². The summed E-state index contributed by atoms with van der Waals surface area (Å²) in [5.41, 5.74) is 2.22. The van der Waals surface area contributed by atoms with Gasteiger partial charge in [0.2, 0.25) is 15.9 Å². The molecule has 1 heterocycles. The molecule has 1 aromatic heterocycles. The van der Waals surface area contributed by atoms with E-state index in [0.29, 0.717) is 5.56 Å². The summed E-state index contributed by atoms with van der Waals surface area (Å²) in [6.07, 6.45) is 0.222. The predicted molar refractivity (Wildman–Crippen MR) is 99.7 cm³/mol. The minimum absolute atomic E-state index is 0.109. The van der Waals surface area contributed by atoms with Crippen LogP contribution in [-0.4, -0.2) is 25.4 Å². The number of carbonyl (C=O) groups is 1. The fraction of sp³-hybridized carbons (Fsp3) is 0.412. The van der Waals surface area contributed by atoms with E-state index in [1.165, 1.54) is 11.3 Å². The number of nitrogens with zero attached hydrogens (tertiary/aromatic N) is 1. The van der Waals surface area contributed by atoms with Crippen molar-refractivity contribution in [1.82, 2.24) is 15.0 Å². The van der Waals surface area contributed by atoms with Crippen molar-refractivity contribution in [3.8, 4) is 0 Å². The fourth-order valence-corrected chi connectivity index (χ4v) is 4.49. The van der Waals surface area contributed by atoms with Crippen LogP contribution in [0.5, 0.6) is 0 Å². The number of aromatic nitrogens is 1. The third kappa shape index (κ3) is 6.56. The molecule has 2 aromatic rings. The SMILES string of the molecule is Cc1nc(CC(=O)NCc2ccccc2CS(=O)(=O)NC(C)C)cs1. The lowest BCUT2D eigenvalue weighted by Gasteiger charge is -2.13. The molecule has 0 radical (unpaired) electrons. The number of benzene rings is 1. The van der Waals surface area contributed by atoms with Crippen molar-refractivity contribution < 1.29 is 13.2 Å². The molecule has 0 saturated heterocycles. The first kappa shape index (κ1) is 19.6. The zero-order valence-corrected chi connectivity index (χ0v) is 16.2. The van der Waals surface area contributed by atoms with Crippen LogP contribution in [0.2, 0.25) is 0 Å². The van der Waals surface area contributed by atoms with Gasteiger partial charge in [-0.2, -0.15) is 0 Å². The van der Waals surface area contributed by atoms with Gasteiger partial charge in [0.15, 0.2) is 0 Å². The van der Waals surface area contributed by atoms with Crippen LogP contribution >= 0.6 is 11.3 Å². The maximum atomic E-state index is 12.1. The number of thiazole rings is 1. The largest absolute Gasteiger partial charge is 0.352 e. The Morgan fingerprint density at radius 2 is 1.92 bits per heavy atom. The molecule has 0 saturated carbocycles. The number of rotatable bonds is 8. The molecule has 6 nitrogen and oxygen atoms in total. The quantitative estimate of drug-likeness (QED) is 0.733.